The average molecular weight is 370 g/mol. The SMILES string of the molecule is O=C1CN(c2ccnnc2)Cc2ccc(-c3ccc(F)c(F)c3F)cc2N1. The molecule has 1 aromatic heterocycles. The van der Waals surface area contributed by atoms with E-state index in [1.807, 2.05) is 4.90 Å². The maximum atomic E-state index is 14.1. The molecule has 1 aliphatic heterocycles. The number of nitrogens with one attached hydrogen (secondary N) is 1. The molecule has 0 saturated heterocycles. The molecule has 2 aromatic carbocycles. The molecule has 0 radical (unpaired) electrons. The van der Waals surface area contributed by atoms with Crippen LogP contribution in [0.15, 0.2) is 48.8 Å². The van der Waals surface area contributed by atoms with Gasteiger partial charge < -0.3 is 10.2 Å². The van der Waals surface area contributed by atoms with Crippen molar-refractivity contribution in [2.75, 3.05) is 16.8 Å². The highest BCUT2D eigenvalue weighted by atomic mass is 19.2. The van der Waals surface area contributed by atoms with Crippen LogP contribution in [0.5, 0.6) is 0 Å². The van der Waals surface area contributed by atoms with Crippen molar-refractivity contribution in [1.29, 1.82) is 0 Å². The molecule has 27 heavy (non-hydrogen) atoms. The minimum atomic E-state index is -1.53. The molecule has 0 fully saturated rings. The van der Waals surface area contributed by atoms with E-state index in [-0.39, 0.29) is 18.0 Å². The van der Waals surface area contributed by atoms with Gasteiger partial charge in [0.25, 0.3) is 0 Å². The number of amides is 1. The lowest BCUT2D eigenvalue weighted by atomic mass is 10.0. The summed E-state index contributed by atoms with van der Waals surface area (Å²) in [5, 5.41) is 10.3. The van der Waals surface area contributed by atoms with Crippen molar-refractivity contribution in [3.8, 4) is 11.1 Å². The molecule has 0 spiro atoms. The number of hydrogen-bond donors (Lipinski definition) is 1. The monoisotopic (exact) mass is 370 g/mol. The van der Waals surface area contributed by atoms with Crippen LogP contribution >= 0.6 is 0 Å². The van der Waals surface area contributed by atoms with Crippen LogP contribution in [-0.4, -0.2) is 22.6 Å². The maximum Gasteiger partial charge on any atom is 0.243 e. The molecule has 2 heterocycles. The van der Waals surface area contributed by atoms with Gasteiger partial charge in [-0.15, -0.1) is 0 Å². The van der Waals surface area contributed by atoms with E-state index in [1.165, 1.54) is 12.3 Å². The fourth-order valence-electron chi connectivity index (χ4n) is 3.03. The largest absolute Gasteiger partial charge is 0.356 e. The summed E-state index contributed by atoms with van der Waals surface area (Å²) in [5.74, 6) is -4.29. The number of carbonyl (C=O) groups excluding carboxylic acids is 1. The molecule has 1 N–H and O–H groups in total. The van der Waals surface area contributed by atoms with Gasteiger partial charge in [-0.25, -0.2) is 13.2 Å². The smallest absolute Gasteiger partial charge is 0.243 e. The third-order valence-corrected chi connectivity index (χ3v) is 4.36. The standard InChI is InChI=1S/C19H13F3N4O/c20-15-4-3-14(18(21)19(15)22)11-1-2-12-9-26(13-5-6-23-24-8-13)10-17(27)25-16(12)7-11/h1-8H,9-10H2,(H,25,27). The van der Waals surface area contributed by atoms with E-state index in [1.54, 1.807) is 30.5 Å². The van der Waals surface area contributed by atoms with Crippen LogP contribution in [0.3, 0.4) is 0 Å². The summed E-state index contributed by atoms with van der Waals surface area (Å²) in [4.78, 5) is 14.1. The summed E-state index contributed by atoms with van der Waals surface area (Å²) in [5.41, 5.74) is 2.29. The van der Waals surface area contributed by atoms with E-state index in [0.29, 0.717) is 17.8 Å². The first kappa shape index (κ1) is 17.0. The number of anilines is 2. The van der Waals surface area contributed by atoms with Crippen LogP contribution in [0.25, 0.3) is 11.1 Å². The summed E-state index contributed by atoms with van der Waals surface area (Å²) in [7, 11) is 0. The van der Waals surface area contributed by atoms with Gasteiger partial charge in [0.15, 0.2) is 17.5 Å². The van der Waals surface area contributed by atoms with Crippen molar-refractivity contribution < 1.29 is 18.0 Å². The second-order valence-corrected chi connectivity index (χ2v) is 6.10. The molecule has 1 amide bonds. The van der Waals surface area contributed by atoms with E-state index in [0.717, 1.165) is 17.3 Å². The molecule has 8 heteroatoms. The minimum absolute atomic E-state index is 0.0783. The summed E-state index contributed by atoms with van der Waals surface area (Å²) < 4.78 is 40.8. The summed E-state index contributed by atoms with van der Waals surface area (Å²) >= 11 is 0. The number of nitrogens with zero attached hydrogens (tertiary/aromatic N) is 3. The fourth-order valence-corrected chi connectivity index (χ4v) is 3.03. The van der Waals surface area contributed by atoms with Crippen molar-refractivity contribution in [3.05, 3.63) is 71.8 Å². The van der Waals surface area contributed by atoms with Crippen molar-refractivity contribution in [3.63, 3.8) is 0 Å². The molecular formula is C19H13F3N4O. The number of carbonyl (C=O) groups is 1. The Morgan fingerprint density at radius 1 is 0.963 bits per heavy atom. The zero-order chi connectivity index (χ0) is 19.0. The minimum Gasteiger partial charge on any atom is -0.356 e. The average Bonchev–Trinajstić information content (AvgIpc) is 2.84. The van der Waals surface area contributed by atoms with Crippen LogP contribution in [0.2, 0.25) is 0 Å². The first-order valence-electron chi connectivity index (χ1n) is 8.11. The number of hydrogen-bond acceptors (Lipinski definition) is 4. The lowest BCUT2D eigenvalue weighted by Gasteiger charge is -2.21. The Labute approximate surface area is 152 Å². The molecule has 1 aliphatic rings. The van der Waals surface area contributed by atoms with E-state index in [4.69, 9.17) is 0 Å². The van der Waals surface area contributed by atoms with Crippen LogP contribution in [0.1, 0.15) is 5.56 Å². The third-order valence-electron chi connectivity index (χ3n) is 4.36. The second kappa shape index (κ2) is 6.71. The van der Waals surface area contributed by atoms with Gasteiger partial charge in [0.2, 0.25) is 5.91 Å². The second-order valence-electron chi connectivity index (χ2n) is 6.10. The molecule has 5 nitrogen and oxygen atoms in total. The first-order valence-corrected chi connectivity index (χ1v) is 8.11. The van der Waals surface area contributed by atoms with Crippen LogP contribution in [0, 0.1) is 17.5 Å². The van der Waals surface area contributed by atoms with Gasteiger partial charge in [-0.2, -0.15) is 10.2 Å². The van der Waals surface area contributed by atoms with Gasteiger partial charge in [-0.1, -0.05) is 12.1 Å². The van der Waals surface area contributed by atoms with Gasteiger partial charge >= 0.3 is 0 Å². The van der Waals surface area contributed by atoms with Crippen molar-refractivity contribution in [2.45, 2.75) is 6.54 Å². The highest BCUT2D eigenvalue weighted by Gasteiger charge is 2.21. The van der Waals surface area contributed by atoms with E-state index < -0.39 is 17.5 Å². The first-order chi connectivity index (χ1) is 13.0. The quantitative estimate of drug-likeness (QED) is 0.702. The highest BCUT2D eigenvalue weighted by Crippen LogP contribution is 2.32. The topological polar surface area (TPSA) is 58.1 Å². The van der Waals surface area contributed by atoms with Crippen LogP contribution in [0.4, 0.5) is 24.5 Å². The molecule has 0 atom stereocenters. The van der Waals surface area contributed by atoms with Crippen LogP contribution in [-0.2, 0) is 11.3 Å². The fraction of sp³-hybridized carbons (Fsp3) is 0.105. The molecule has 4 rings (SSSR count). The van der Waals surface area contributed by atoms with Crippen molar-refractivity contribution >= 4 is 17.3 Å². The third kappa shape index (κ3) is 3.21. The van der Waals surface area contributed by atoms with Gasteiger partial charge in [0.05, 0.1) is 24.6 Å². The van der Waals surface area contributed by atoms with Crippen LogP contribution < -0.4 is 10.2 Å². The van der Waals surface area contributed by atoms with Crippen molar-refractivity contribution in [1.82, 2.24) is 10.2 Å². The number of halogens is 3. The molecule has 0 bridgehead atoms. The Morgan fingerprint density at radius 2 is 1.81 bits per heavy atom. The Kier molecular flexibility index (Phi) is 4.23. The maximum absolute atomic E-state index is 14.1. The van der Waals surface area contributed by atoms with E-state index >= 15 is 0 Å². The highest BCUT2D eigenvalue weighted by molar-refractivity contribution is 5.96. The molecule has 0 aliphatic carbocycles. The van der Waals surface area contributed by atoms with E-state index in [2.05, 4.69) is 15.5 Å². The van der Waals surface area contributed by atoms with E-state index in [9.17, 15) is 18.0 Å². The lowest BCUT2D eigenvalue weighted by molar-refractivity contribution is -0.114. The lowest BCUT2D eigenvalue weighted by Crippen LogP contribution is -2.29. The molecular weight excluding hydrogens is 357 g/mol. The Bertz CT molecular complexity index is 1030. The van der Waals surface area contributed by atoms with Gasteiger partial charge in [-0.3, -0.25) is 4.79 Å². The Morgan fingerprint density at radius 3 is 2.59 bits per heavy atom. The number of rotatable bonds is 2. The number of aromatic nitrogens is 2. The van der Waals surface area contributed by atoms with Gasteiger partial charge in [0, 0.05) is 17.8 Å². The summed E-state index contributed by atoms with van der Waals surface area (Å²) in [6, 6.07) is 8.67. The molecule has 0 unspecified atom stereocenters. The zero-order valence-electron chi connectivity index (χ0n) is 13.9. The zero-order valence-corrected chi connectivity index (χ0v) is 13.9. The normalized spacial score (nSPS) is 13.7. The predicted molar refractivity (Wildman–Crippen MR) is 93.5 cm³/mol. The molecule has 136 valence electrons. The summed E-state index contributed by atoms with van der Waals surface area (Å²) in [6.45, 7) is 0.523. The van der Waals surface area contributed by atoms with Crippen molar-refractivity contribution in [2.24, 2.45) is 0 Å². The predicted octanol–water partition coefficient (Wildman–Crippen LogP) is 3.52. The van der Waals surface area contributed by atoms with Gasteiger partial charge in [-0.05, 0) is 35.4 Å². The van der Waals surface area contributed by atoms with Gasteiger partial charge in [0.1, 0.15) is 0 Å². The number of fused-ring (bicyclic) bond motifs is 1. The molecule has 3 aromatic rings. The Hall–Kier alpha value is -3.42. The Balaban J connectivity index is 1.73. The number of benzene rings is 2. The molecule has 0 saturated carbocycles. The summed E-state index contributed by atoms with van der Waals surface area (Å²) in [6.07, 6.45) is 3.09.